The monoisotopic (exact) mass is 466 g/mol. The standard InChI is InChI=1S/C24H34N8O2/c25-21-28-22(26-15-17-6-2-3-7-19(17)31-10-4-1-5-11-31)30-23(29-21)32-12-8-24(9-13-32)14-18(20(33)34)27-16-24/h2-3,6-7,18,27H,1,4-5,8-16H2,(H,33,34)(H3,25,26,28,29,30). The van der Waals surface area contributed by atoms with Crippen molar-refractivity contribution in [1.29, 1.82) is 0 Å². The van der Waals surface area contributed by atoms with Crippen LogP contribution in [-0.2, 0) is 11.3 Å². The molecule has 10 heteroatoms. The van der Waals surface area contributed by atoms with Gasteiger partial charge in [0.05, 0.1) is 0 Å². The van der Waals surface area contributed by atoms with Crippen LogP contribution >= 0.6 is 0 Å². The van der Waals surface area contributed by atoms with Gasteiger partial charge in [0.1, 0.15) is 6.04 Å². The molecule has 0 bridgehead atoms. The predicted molar refractivity (Wildman–Crippen MR) is 132 cm³/mol. The van der Waals surface area contributed by atoms with Gasteiger partial charge < -0.3 is 31.3 Å². The molecule has 182 valence electrons. The first-order chi connectivity index (χ1) is 16.5. The van der Waals surface area contributed by atoms with Gasteiger partial charge in [-0.15, -0.1) is 0 Å². The molecular weight excluding hydrogens is 432 g/mol. The van der Waals surface area contributed by atoms with E-state index in [0.717, 1.165) is 45.6 Å². The Hall–Kier alpha value is -3.14. The van der Waals surface area contributed by atoms with E-state index in [9.17, 15) is 9.90 Å². The summed E-state index contributed by atoms with van der Waals surface area (Å²) >= 11 is 0. The summed E-state index contributed by atoms with van der Waals surface area (Å²) in [6.07, 6.45) is 6.26. The Morgan fingerprint density at radius 3 is 2.59 bits per heavy atom. The molecule has 1 aromatic carbocycles. The lowest BCUT2D eigenvalue weighted by atomic mass is 9.76. The van der Waals surface area contributed by atoms with E-state index in [2.05, 4.69) is 59.7 Å². The molecule has 0 saturated carbocycles. The Morgan fingerprint density at radius 1 is 1.09 bits per heavy atom. The Kier molecular flexibility index (Phi) is 6.40. The van der Waals surface area contributed by atoms with Gasteiger partial charge in [-0.05, 0) is 55.6 Å². The van der Waals surface area contributed by atoms with E-state index in [0.29, 0.717) is 24.9 Å². The molecule has 3 fully saturated rings. The Morgan fingerprint density at radius 2 is 1.85 bits per heavy atom. The first kappa shape index (κ1) is 22.6. The number of nitrogens with one attached hydrogen (secondary N) is 2. The smallest absolute Gasteiger partial charge is 0.320 e. The number of nitrogens with two attached hydrogens (primary N) is 1. The zero-order valence-corrected chi connectivity index (χ0v) is 19.5. The second kappa shape index (κ2) is 9.61. The number of hydrogen-bond donors (Lipinski definition) is 4. The SMILES string of the molecule is Nc1nc(NCc2ccccc2N2CCCCC2)nc(N2CCC3(CC2)CNC(C(=O)O)C3)n1. The van der Waals surface area contributed by atoms with E-state index in [4.69, 9.17) is 5.73 Å². The predicted octanol–water partition coefficient (Wildman–Crippen LogP) is 2.09. The molecule has 1 spiro atoms. The second-order valence-electron chi connectivity index (χ2n) is 9.81. The molecule has 0 radical (unpaired) electrons. The fourth-order valence-corrected chi connectivity index (χ4v) is 5.53. The van der Waals surface area contributed by atoms with Crippen molar-refractivity contribution >= 4 is 29.5 Å². The average Bonchev–Trinajstić information content (AvgIpc) is 3.27. The van der Waals surface area contributed by atoms with Crippen molar-refractivity contribution in [2.75, 3.05) is 53.6 Å². The van der Waals surface area contributed by atoms with Crippen molar-refractivity contribution < 1.29 is 9.90 Å². The molecule has 4 heterocycles. The fourth-order valence-electron chi connectivity index (χ4n) is 5.53. The summed E-state index contributed by atoms with van der Waals surface area (Å²) < 4.78 is 0. The van der Waals surface area contributed by atoms with Gasteiger partial charge >= 0.3 is 5.97 Å². The van der Waals surface area contributed by atoms with Crippen molar-refractivity contribution in [2.45, 2.75) is 51.1 Å². The topological polar surface area (TPSA) is 133 Å². The molecule has 0 amide bonds. The van der Waals surface area contributed by atoms with E-state index in [1.165, 1.54) is 30.5 Å². The van der Waals surface area contributed by atoms with Crippen LogP contribution in [0.25, 0.3) is 0 Å². The van der Waals surface area contributed by atoms with Gasteiger partial charge in [-0.3, -0.25) is 4.79 Å². The zero-order chi connectivity index (χ0) is 23.5. The fraction of sp³-hybridized carbons (Fsp3) is 0.583. The molecule has 34 heavy (non-hydrogen) atoms. The van der Waals surface area contributed by atoms with E-state index in [1.807, 2.05) is 0 Å². The number of aliphatic carboxylic acids is 1. The van der Waals surface area contributed by atoms with Crippen molar-refractivity contribution in [3.05, 3.63) is 29.8 Å². The highest BCUT2D eigenvalue weighted by Gasteiger charge is 2.43. The molecule has 3 aliphatic heterocycles. The van der Waals surface area contributed by atoms with Gasteiger partial charge in [0.25, 0.3) is 0 Å². The number of carboxylic acid groups (broad SMARTS) is 1. The summed E-state index contributed by atoms with van der Waals surface area (Å²) in [7, 11) is 0. The van der Waals surface area contributed by atoms with Crippen molar-refractivity contribution in [3.8, 4) is 0 Å². The lowest BCUT2D eigenvalue weighted by molar-refractivity contribution is -0.139. The number of hydrogen-bond acceptors (Lipinski definition) is 9. The highest BCUT2D eigenvalue weighted by Crippen LogP contribution is 2.40. The van der Waals surface area contributed by atoms with Crippen LogP contribution in [0.3, 0.4) is 0 Å². The molecular formula is C24H34N8O2. The lowest BCUT2D eigenvalue weighted by Crippen LogP contribution is -2.42. The maximum atomic E-state index is 11.3. The molecule has 10 nitrogen and oxygen atoms in total. The maximum absolute atomic E-state index is 11.3. The Labute approximate surface area is 200 Å². The molecule has 5 rings (SSSR count). The number of para-hydroxylation sites is 1. The van der Waals surface area contributed by atoms with Crippen LogP contribution in [0.15, 0.2) is 24.3 Å². The second-order valence-corrected chi connectivity index (χ2v) is 9.81. The molecule has 1 atom stereocenters. The van der Waals surface area contributed by atoms with Gasteiger partial charge in [-0.25, -0.2) is 0 Å². The molecule has 1 aromatic heterocycles. The summed E-state index contributed by atoms with van der Waals surface area (Å²) in [5, 5.41) is 15.8. The van der Waals surface area contributed by atoms with E-state index >= 15 is 0 Å². The number of piperidine rings is 2. The van der Waals surface area contributed by atoms with Crippen LogP contribution in [0.5, 0.6) is 0 Å². The molecule has 2 aromatic rings. The number of carbonyl (C=O) groups is 1. The summed E-state index contributed by atoms with van der Waals surface area (Å²) in [5.41, 5.74) is 8.56. The third-order valence-electron chi connectivity index (χ3n) is 7.53. The summed E-state index contributed by atoms with van der Waals surface area (Å²) in [4.78, 5) is 29.3. The number of rotatable bonds is 6. The minimum absolute atomic E-state index is 0.0391. The van der Waals surface area contributed by atoms with Gasteiger partial charge in [-0.1, -0.05) is 18.2 Å². The molecule has 3 aliphatic rings. The van der Waals surface area contributed by atoms with E-state index < -0.39 is 12.0 Å². The summed E-state index contributed by atoms with van der Waals surface area (Å²) in [6, 6.07) is 8.04. The first-order valence-electron chi connectivity index (χ1n) is 12.3. The number of nitrogens with zero attached hydrogens (tertiary/aromatic N) is 5. The van der Waals surface area contributed by atoms with Gasteiger partial charge in [-0.2, -0.15) is 15.0 Å². The van der Waals surface area contributed by atoms with E-state index in [-0.39, 0.29) is 11.4 Å². The largest absolute Gasteiger partial charge is 0.480 e. The van der Waals surface area contributed by atoms with Gasteiger partial charge in [0.2, 0.25) is 17.8 Å². The molecule has 5 N–H and O–H groups in total. The van der Waals surface area contributed by atoms with Crippen LogP contribution in [0.1, 0.15) is 44.1 Å². The minimum atomic E-state index is -0.762. The van der Waals surface area contributed by atoms with Crippen molar-refractivity contribution in [2.24, 2.45) is 5.41 Å². The number of nitrogen functional groups attached to an aromatic ring is 1. The first-order valence-corrected chi connectivity index (χ1v) is 12.3. The number of aromatic nitrogens is 3. The van der Waals surface area contributed by atoms with Crippen molar-refractivity contribution in [1.82, 2.24) is 20.3 Å². The maximum Gasteiger partial charge on any atom is 0.320 e. The number of benzene rings is 1. The van der Waals surface area contributed by atoms with E-state index in [1.54, 1.807) is 0 Å². The highest BCUT2D eigenvalue weighted by atomic mass is 16.4. The third-order valence-corrected chi connectivity index (χ3v) is 7.53. The van der Waals surface area contributed by atoms with Crippen LogP contribution in [0, 0.1) is 5.41 Å². The Balaban J connectivity index is 1.24. The highest BCUT2D eigenvalue weighted by molar-refractivity contribution is 5.74. The zero-order valence-electron chi connectivity index (χ0n) is 19.5. The Bertz CT molecular complexity index is 1020. The quantitative estimate of drug-likeness (QED) is 0.501. The molecule has 0 aliphatic carbocycles. The molecule has 1 unspecified atom stereocenters. The average molecular weight is 467 g/mol. The summed E-state index contributed by atoms with van der Waals surface area (Å²) in [5.74, 6) is 0.493. The van der Waals surface area contributed by atoms with Crippen LogP contribution in [0.2, 0.25) is 0 Å². The van der Waals surface area contributed by atoms with Crippen molar-refractivity contribution in [3.63, 3.8) is 0 Å². The van der Waals surface area contributed by atoms with Gasteiger partial charge in [0, 0.05) is 45.0 Å². The van der Waals surface area contributed by atoms with Crippen LogP contribution < -0.4 is 26.2 Å². The van der Waals surface area contributed by atoms with Crippen LogP contribution in [-0.4, -0.2) is 64.8 Å². The normalized spacial score (nSPS) is 22.2. The number of carboxylic acids is 1. The molecule has 3 saturated heterocycles. The van der Waals surface area contributed by atoms with Crippen LogP contribution in [0.4, 0.5) is 23.5 Å². The number of anilines is 4. The summed E-state index contributed by atoms with van der Waals surface area (Å²) in [6.45, 7) is 5.10. The minimum Gasteiger partial charge on any atom is -0.480 e. The lowest BCUT2D eigenvalue weighted by Gasteiger charge is -2.38. The third kappa shape index (κ3) is 4.86. The van der Waals surface area contributed by atoms with Gasteiger partial charge in [0.15, 0.2) is 0 Å².